The zero-order valence-corrected chi connectivity index (χ0v) is 9.16. The first kappa shape index (κ1) is 10.8. The highest BCUT2D eigenvalue weighted by Crippen LogP contribution is 2.34. The van der Waals surface area contributed by atoms with Gasteiger partial charge in [-0.2, -0.15) is 4.40 Å². The molecule has 4 heteroatoms. The smallest absolute Gasteiger partial charge is 0.146 e. The Morgan fingerprint density at radius 3 is 2.31 bits per heavy atom. The van der Waals surface area contributed by atoms with E-state index in [9.17, 15) is 8.60 Å². The third-order valence-corrected chi connectivity index (χ3v) is 3.43. The highest BCUT2D eigenvalue weighted by atomic mass is 32.2. The minimum absolute atomic E-state index is 0.392. The summed E-state index contributed by atoms with van der Waals surface area (Å²) < 4.78 is 28.1. The van der Waals surface area contributed by atoms with Crippen molar-refractivity contribution >= 4 is 17.2 Å². The summed E-state index contributed by atoms with van der Waals surface area (Å²) in [5.74, 6) is 0. The predicted octanol–water partition coefficient (Wildman–Crippen LogP) is 2.41. The van der Waals surface area contributed by atoms with Gasteiger partial charge in [-0.05, 0) is 40.0 Å². The number of nitrogens with zero attached hydrogens (tertiary/aromatic N) is 1. The Kier molecular flexibility index (Phi) is 2.90. The Morgan fingerprint density at radius 1 is 1.46 bits per heavy atom. The SMILES string of the molecule is CC(C)(C)[S@@](=O)N=CC1(F)CCC1. The Morgan fingerprint density at radius 2 is 2.00 bits per heavy atom. The molecule has 2 nitrogen and oxygen atoms in total. The molecule has 1 atom stereocenters. The molecular weight excluding hydrogens is 189 g/mol. The van der Waals surface area contributed by atoms with E-state index in [1.54, 1.807) is 0 Å². The summed E-state index contributed by atoms with van der Waals surface area (Å²) in [6, 6.07) is 0. The first-order valence-corrected chi connectivity index (χ1v) is 5.60. The second kappa shape index (κ2) is 3.48. The Labute approximate surface area is 81.2 Å². The fraction of sp³-hybridized carbons (Fsp3) is 0.889. The lowest BCUT2D eigenvalue weighted by molar-refractivity contribution is 0.148. The van der Waals surface area contributed by atoms with Crippen LogP contribution in [0, 0.1) is 0 Å². The van der Waals surface area contributed by atoms with Crippen LogP contribution in [0.4, 0.5) is 4.39 Å². The molecule has 1 rings (SSSR count). The van der Waals surface area contributed by atoms with Crippen LogP contribution in [0.5, 0.6) is 0 Å². The van der Waals surface area contributed by atoms with Gasteiger partial charge in [0.1, 0.15) is 16.7 Å². The van der Waals surface area contributed by atoms with Gasteiger partial charge < -0.3 is 0 Å². The lowest BCUT2D eigenvalue weighted by Crippen LogP contribution is -2.34. The standard InChI is InChI=1S/C9H16FNOS/c1-8(2,3)13(12)11-7-9(10)5-4-6-9/h7H,4-6H2,1-3H3/t13-/m1/s1. The lowest BCUT2D eigenvalue weighted by atomic mass is 9.83. The van der Waals surface area contributed by atoms with Crippen molar-refractivity contribution in [2.24, 2.45) is 4.40 Å². The van der Waals surface area contributed by atoms with E-state index in [1.165, 1.54) is 6.21 Å². The van der Waals surface area contributed by atoms with Gasteiger partial charge in [0.2, 0.25) is 0 Å². The van der Waals surface area contributed by atoms with Crippen molar-refractivity contribution in [1.29, 1.82) is 0 Å². The van der Waals surface area contributed by atoms with Crippen molar-refractivity contribution in [2.75, 3.05) is 0 Å². The molecule has 0 unspecified atom stereocenters. The van der Waals surface area contributed by atoms with Gasteiger partial charge in [-0.1, -0.05) is 0 Å². The Hall–Kier alpha value is -0.250. The molecule has 0 aromatic carbocycles. The summed E-state index contributed by atoms with van der Waals surface area (Å²) in [6.07, 6.45) is 3.19. The zero-order valence-electron chi connectivity index (χ0n) is 8.34. The van der Waals surface area contributed by atoms with E-state index in [1.807, 2.05) is 20.8 Å². The summed E-state index contributed by atoms with van der Waals surface area (Å²) in [5, 5.41) is 0. The quantitative estimate of drug-likeness (QED) is 0.636. The number of hydrogen-bond donors (Lipinski definition) is 0. The van der Waals surface area contributed by atoms with Crippen molar-refractivity contribution in [3.8, 4) is 0 Å². The van der Waals surface area contributed by atoms with Gasteiger partial charge >= 0.3 is 0 Å². The monoisotopic (exact) mass is 205 g/mol. The molecule has 1 saturated carbocycles. The van der Waals surface area contributed by atoms with Gasteiger partial charge in [-0.25, -0.2) is 8.60 Å². The average molecular weight is 205 g/mol. The van der Waals surface area contributed by atoms with Crippen molar-refractivity contribution in [2.45, 2.75) is 50.4 Å². The van der Waals surface area contributed by atoms with E-state index in [2.05, 4.69) is 4.40 Å². The molecule has 0 aromatic rings. The largest absolute Gasteiger partial charge is 0.238 e. The van der Waals surface area contributed by atoms with Gasteiger partial charge in [0.05, 0.1) is 11.0 Å². The van der Waals surface area contributed by atoms with Crippen molar-refractivity contribution in [3.63, 3.8) is 0 Å². The third kappa shape index (κ3) is 2.86. The highest BCUT2D eigenvalue weighted by Gasteiger charge is 2.35. The van der Waals surface area contributed by atoms with E-state index in [4.69, 9.17) is 0 Å². The van der Waals surface area contributed by atoms with E-state index in [0.717, 1.165) is 6.42 Å². The summed E-state index contributed by atoms with van der Waals surface area (Å²) in [5.41, 5.74) is -1.26. The van der Waals surface area contributed by atoms with Crippen LogP contribution in [0.3, 0.4) is 0 Å². The first-order chi connectivity index (χ1) is 5.83. The molecular formula is C9H16FNOS. The van der Waals surface area contributed by atoms with Crippen molar-refractivity contribution in [1.82, 2.24) is 0 Å². The molecule has 13 heavy (non-hydrogen) atoms. The molecule has 0 N–H and O–H groups in total. The molecule has 0 aromatic heterocycles. The molecule has 0 heterocycles. The molecule has 0 saturated heterocycles. The molecule has 0 radical (unpaired) electrons. The van der Waals surface area contributed by atoms with Crippen LogP contribution >= 0.6 is 0 Å². The average Bonchev–Trinajstić information content (AvgIpc) is 1.94. The maximum absolute atomic E-state index is 13.4. The Balaban J connectivity index is 2.53. The minimum Gasteiger partial charge on any atom is -0.238 e. The summed E-state index contributed by atoms with van der Waals surface area (Å²) in [4.78, 5) is 0. The molecule has 0 amide bonds. The fourth-order valence-corrected chi connectivity index (χ4v) is 1.54. The maximum atomic E-state index is 13.4. The van der Waals surface area contributed by atoms with E-state index in [0.29, 0.717) is 12.8 Å². The van der Waals surface area contributed by atoms with Gasteiger partial charge in [-0.15, -0.1) is 0 Å². The lowest BCUT2D eigenvalue weighted by Gasteiger charge is -2.29. The van der Waals surface area contributed by atoms with E-state index in [-0.39, 0.29) is 0 Å². The summed E-state index contributed by atoms with van der Waals surface area (Å²) in [6.45, 7) is 5.48. The first-order valence-electron chi connectivity index (χ1n) is 4.50. The van der Waals surface area contributed by atoms with Crippen LogP contribution in [0.25, 0.3) is 0 Å². The fourth-order valence-electron chi connectivity index (χ4n) is 0.944. The number of halogens is 1. The van der Waals surface area contributed by atoms with Crippen LogP contribution in [0.15, 0.2) is 4.40 Å². The topological polar surface area (TPSA) is 29.4 Å². The summed E-state index contributed by atoms with van der Waals surface area (Å²) >= 11 is 0. The molecule has 1 aliphatic rings. The van der Waals surface area contributed by atoms with E-state index < -0.39 is 21.4 Å². The third-order valence-electron chi connectivity index (χ3n) is 2.09. The second-order valence-corrected chi connectivity index (χ2v) is 6.42. The zero-order chi connectivity index (χ0) is 10.1. The molecule has 0 aliphatic heterocycles. The van der Waals surface area contributed by atoms with Gasteiger partial charge in [0.25, 0.3) is 0 Å². The van der Waals surface area contributed by atoms with Crippen LogP contribution < -0.4 is 0 Å². The number of hydrogen-bond acceptors (Lipinski definition) is 1. The van der Waals surface area contributed by atoms with Crippen LogP contribution in [0.2, 0.25) is 0 Å². The Bertz CT molecular complexity index is 240. The second-order valence-electron chi connectivity index (χ2n) is 4.48. The highest BCUT2D eigenvalue weighted by molar-refractivity contribution is 7.85. The van der Waals surface area contributed by atoms with E-state index >= 15 is 0 Å². The number of alkyl halides is 1. The maximum Gasteiger partial charge on any atom is 0.146 e. The van der Waals surface area contributed by atoms with Gasteiger partial charge in [0, 0.05) is 0 Å². The number of rotatable bonds is 2. The minimum atomic E-state index is -1.32. The van der Waals surface area contributed by atoms with Gasteiger partial charge in [0.15, 0.2) is 0 Å². The molecule has 0 bridgehead atoms. The molecule has 1 fully saturated rings. The molecule has 76 valence electrons. The van der Waals surface area contributed by atoms with Crippen LogP contribution in [-0.2, 0) is 11.0 Å². The molecule has 1 aliphatic carbocycles. The summed E-state index contributed by atoms with van der Waals surface area (Å²) in [7, 11) is -1.32. The van der Waals surface area contributed by atoms with Gasteiger partial charge in [-0.3, -0.25) is 0 Å². The molecule has 0 spiro atoms. The van der Waals surface area contributed by atoms with Crippen LogP contribution in [-0.4, -0.2) is 20.8 Å². The van der Waals surface area contributed by atoms with Crippen LogP contribution in [0.1, 0.15) is 40.0 Å². The van der Waals surface area contributed by atoms with Crippen molar-refractivity contribution in [3.05, 3.63) is 0 Å². The van der Waals surface area contributed by atoms with Crippen molar-refractivity contribution < 1.29 is 8.60 Å². The predicted molar refractivity (Wildman–Crippen MR) is 54.1 cm³/mol. The normalized spacial score (nSPS) is 24.3.